The molecule has 3 heterocycles. The molecule has 0 aliphatic carbocycles. The molecule has 0 saturated carbocycles. The summed E-state index contributed by atoms with van der Waals surface area (Å²) in [6, 6.07) is 7.33. The number of benzene rings is 1. The van der Waals surface area contributed by atoms with E-state index in [2.05, 4.69) is 25.0 Å². The average molecular weight is 515 g/mol. The van der Waals surface area contributed by atoms with Crippen molar-refractivity contribution in [2.24, 2.45) is 0 Å². The molecular formula is C23H20ClFN6O3S. The van der Waals surface area contributed by atoms with Crippen molar-refractivity contribution in [1.82, 2.24) is 24.2 Å². The van der Waals surface area contributed by atoms with Crippen LogP contribution in [0.2, 0.25) is 5.02 Å². The van der Waals surface area contributed by atoms with Crippen molar-refractivity contribution in [3.63, 3.8) is 0 Å². The quantitative estimate of drug-likeness (QED) is 0.384. The number of pyridine rings is 1. The number of carbonyl (C=O) groups is 3. The highest BCUT2D eigenvalue weighted by Gasteiger charge is 2.29. The molecule has 0 saturated heterocycles. The van der Waals surface area contributed by atoms with E-state index in [0.717, 1.165) is 11.5 Å². The highest BCUT2D eigenvalue weighted by molar-refractivity contribution is 7.13. The van der Waals surface area contributed by atoms with Gasteiger partial charge in [0.25, 0.3) is 11.8 Å². The molecule has 2 amide bonds. The molecule has 0 radical (unpaired) electrons. The van der Waals surface area contributed by atoms with Crippen LogP contribution in [0.4, 0.5) is 10.2 Å². The van der Waals surface area contributed by atoms with Crippen LogP contribution < -0.4 is 10.6 Å². The lowest BCUT2D eigenvalue weighted by Gasteiger charge is -2.19. The van der Waals surface area contributed by atoms with Crippen LogP contribution in [0.15, 0.2) is 36.5 Å². The summed E-state index contributed by atoms with van der Waals surface area (Å²) in [5.41, 5.74) is 0.860. The zero-order valence-corrected chi connectivity index (χ0v) is 20.5. The number of nitrogens with zero attached hydrogens (tertiary/aromatic N) is 4. The summed E-state index contributed by atoms with van der Waals surface area (Å²) in [4.78, 5) is 47.1. The summed E-state index contributed by atoms with van der Waals surface area (Å²) >= 11 is 7.43. The first-order valence-corrected chi connectivity index (χ1v) is 11.6. The zero-order chi connectivity index (χ0) is 25.3. The maximum absolute atomic E-state index is 14.1. The molecule has 3 aromatic heterocycles. The van der Waals surface area contributed by atoms with E-state index in [0.29, 0.717) is 21.5 Å². The first-order chi connectivity index (χ1) is 16.7. The maximum atomic E-state index is 14.1. The Morgan fingerprint density at radius 2 is 2.00 bits per heavy atom. The second kappa shape index (κ2) is 9.88. The van der Waals surface area contributed by atoms with Crippen molar-refractivity contribution in [2.75, 3.05) is 12.4 Å². The van der Waals surface area contributed by atoms with Gasteiger partial charge in [-0.2, -0.15) is 4.37 Å². The molecule has 9 nitrogen and oxygen atoms in total. The molecular weight excluding hydrogens is 495 g/mol. The first kappa shape index (κ1) is 24.4. The Hall–Kier alpha value is -3.70. The molecule has 0 spiro atoms. The van der Waals surface area contributed by atoms with Crippen molar-refractivity contribution in [1.29, 1.82) is 0 Å². The number of Topliss-reactive ketones (excluding diaryl/α,β-unsaturated/α-hetero) is 1. The Kier molecular flexibility index (Phi) is 6.90. The number of hydrogen-bond donors (Lipinski definition) is 2. The van der Waals surface area contributed by atoms with Gasteiger partial charge in [0, 0.05) is 29.6 Å². The van der Waals surface area contributed by atoms with Gasteiger partial charge in [0.15, 0.2) is 11.5 Å². The van der Waals surface area contributed by atoms with Crippen LogP contribution in [0, 0.1) is 5.82 Å². The molecule has 1 aromatic carbocycles. The molecule has 1 atom stereocenters. The molecule has 35 heavy (non-hydrogen) atoms. The Labute approximate surface area is 208 Å². The molecule has 2 N–H and O–H groups in total. The molecule has 4 aromatic rings. The van der Waals surface area contributed by atoms with Crippen molar-refractivity contribution >= 4 is 56.8 Å². The van der Waals surface area contributed by atoms with Crippen molar-refractivity contribution < 1.29 is 18.8 Å². The second-order valence-electron chi connectivity index (χ2n) is 7.77. The summed E-state index contributed by atoms with van der Waals surface area (Å²) in [5, 5.41) is 6.05. The van der Waals surface area contributed by atoms with Crippen LogP contribution in [-0.2, 0) is 11.3 Å². The van der Waals surface area contributed by atoms with Crippen LogP contribution in [0.25, 0.3) is 10.2 Å². The third-order valence-corrected chi connectivity index (χ3v) is 6.47. The summed E-state index contributed by atoms with van der Waals surface area (Å²) < 4.78 is 19.7. The fraction of sp³-hybridized carbons (Fsp3) is 0.217. The number of rotatable bonds is 7. The van der Waals surface area contributed by atoms with E-state index >= 15 is 0 Å². The average Bonchev–Trinajstić information content (AvgIpc) is 3.41. The predicted octanol–water partition coefficient (Wildman–Crippen LogP) is 4.03. The topological polar surface area (TPSA) is 119 Å². The zero-order valence-electron chi connectivity index (χ0n) is 18.9. The van der Waals surface area contributed by atoms with Gasteiger partial charge in [0.05, 0.1) is 12.2 Å². The number of carbonyl (C=O) groups excluding carboxylic acids is 3. The highest BCUT2D eigenvalue weighted by Crippen LogP contribution is 2.35. The Bertz CT molecular complexity index is 1470. The number of ketones is 1. The lowest BCUT2D eigenvalue weighted by atomic mass is 9.96. The number of amides is 2. The fourth-order valence-electron chi connectivity index (χ4n) is 3.77. The number of aromatic nitrogens is 4. The van der Waals surface area contributed by atoms with Crippen molar-refractivity contribution in [2.45, 2.75) is 26.3 Å². The first-order valence-electron chi connectivity index (χ1n) is 10.5. The third kappa shape index (κ3) is 4.77. The highest BCUT2D eigenvalue weighted by atomic mass is 35.5. The molecule has 0 unspecified atom stereocenters. The fourth-order valence-corrected chi connectivity index (χ4v) is 4.78. The van der Waals surface area contributed by atoms with Gasteiger partial charge in [-0.05, 0) is 54.4 Å². The van der Waals surface area contributed by atoms with E-state index in [-0.39, 0.29) is 34.7 Å². The van der Waals surface area contributed by atoms with Crippen molar-refractivity contribution in [3.05, 3.63) is 70.1 Å². The minimum Gasteiger partial charge on any atom is -0.352 e. The molecule has 0 aliphatic rings. The van der Waals surface area contributed by atoms with Crippen LogP contribution in [0.1, 0.15) is 52.1 Å². The minimum absolute atomic E-state index is 0.0349. The summed E-state index contributed by atoms with van der Waals surface area (Å²) in [7, 11) is 1.42. The molecule has 0 fully saturated rings. The minimum atomic E-state index is -0.646. The molecule has 0 bridgehead atoms. The smallest absolute Gasteiger partial charge is 0.287 e. The number of hydrogen-bond acceptors (Lipinski definition) is 7. The van der Waals surface area contributed by atoms with Crippen LogP contribution >= 0.6 is 23.1 Å². The number of fused-ring (bicyclic) bond motifs is 1. The SMILES string of the molecule is CNC(=O)c1nc(NC(=O)c2nsc3ncccc23)c([C@@H](C)c2cc(F)ccc2Cl)n1CC(C)=O. The predicted molar refractivity (Wildman–Crippen MR) is 131 cm³/mol. The molecule has 0 aliphatic heterocycles. The number of halogens is 2. The van der Waals surface area contributed by atoms with Gasteiger partial charge in [-0.3, -0.25) is 14.4 Å². The Morgan fingerprint density at radius 1 is 1.23 bits per heavy atom. The largest absolute Gasteiger partial charge is 0.352 e. The summed E-state index contributed by atoms with van der Waals surface area (Å²) in [5.74, 6) is -2.58. The monoisotopic (exact) mass is 514 g/mol. The van der Waals surface area contributed by atoms with Gasteiger partial charge in [-0.25, -0.2) is 14.4 Å². The van der Waals surface area contributed by atoms with Gasteiger partial charge < -0.3 is 15.2 Å². The van der Waals surface area contributed by atoms with Gasteiger partial charge in [0.2, 0.25) is 5.82 Å². The van der Waals surface area contributed by atoms with E-state index in [1.165, 1.54) is 36.7 Å². The van der Waals surface area contributed by atoms with E-state index in [4.69, 9.17) is 11.6 Å². The Balaban J connectivity index is 1.87. The Morgan fingerprint density at radius 3 is 2.71 bits per heavy atom. The van der Waals surface area contributed by atoms with E-state index in [1.54, 1.807) is 25.3 Å². The maximum Gasteiger partial charge on any atom is 0.287 e. The van der Waals surface area contributed by atoms with E-state index in [1.807, 2.05) is 0 Å². The van der Waals surface area contributed by atoms with Gasteiger partial charge in [-0.15, -0.1) is 0 Å². The second-order valence-corrected chi connectivity index (χ2v) is 8.92. The van der Waals surface area contributed by atoms with Gasteiger partial charge in [0.1, 0.15) is 16.4 Å². The third-order valence-electron chi connectivity index (χ3n) is 5.35. The summed E-state index contributed by atoms with van der Waals surface area (Å²) in [6.45, 7) is 2.89. The lowest BCUT2D eigenvalue weighted by molar-refractivity contribution is -0.117. The number of anilines is 1. The van der Waals surface area contributed by atoms with Crippen molar-refractivity contribution in [3.8, 4) is 0 Å². The number of imidazole rings is 1. The van der Waals surface area contributed by atoms with E-state index < -0.39 is 23.5 Å². The molecule has 12 heteroatoms. The van der Waals surface area contributed by atoms with Crippen LogP contribution in [0.5, 0.6) is 0 Å². The van der Waals surface area contributed by atoms with Crippen LogP contribution in [-0.4, -0.2) is 43.6 Å². The summed E-state index contributed by atoms with van der Waals surface area (Å²) in [6.07, 6.45) is 1.60. The molecule has 180 valence electrons. The van der Waals surface area contributed by atoms with Crippen LogP contribution in [0.3, 0.4) is 0 Å². The van der Waals surface area contributed by atoms with Gasteiger partial charge in [-0.1, -0.05) is 18.5 Å². The normalized spacial score (nSPS) is 11.9. The van der Waals surface area contributed by atoms with Gasteiger partial charge >= 0.3 is 0 Å². The number of nitrogens with one attached hydrogen (secondary N) is 2. The lowest BCUT2D eigenvalue weighted by Crippen LogP contribution is -2.25. The van der Waals surface area contributed by atoms with E-state index in [9.17, 15) is 18.8 Å². The molecule has 4 rings (SSSR count). The standard InChI is InChI=1S/C23H20ClFN6O3S/c1-11(32)10-31-18(12(2)15-9-13(25)6-7-16(15)24)19(28-20(31)22(34)26-3)29-21(33)17-14-5-4-8-27-23(14)35-30-17/h4-9,12H,10H2,1-3H3,(H,26,34)(H,29,33)/t12-/m0/s1.